The third kappa shape index (κ3) is 6.07. The Kier molecular flexibility index (Phi) is 6.28. The van der Waals surface area contributed by atoms with Gasteiger partial charge < -0.3 is 19.5 Å². The zero-order chi connectivity index (χ0) is 20.0. The van der Waals surface area contributed by atoms with Gasteiger partial charge in [0.05, 0.1) is 0 Å². The highest BCUT2D eigenvalue weighted by Gasteiger charge is 2.28. The molecule has 0 saturated carbocycles. The van der Waals surface area contributed by atoms with E-state index in [4.69, 9.17) is 9.47 Å². The molecule has 28 heavy (non-hydrogen) atoms. The molecule has 1 heterocycles. The van der Waals surface area contributed by atoms with Gasteiger partial charge in [0, 0.05) is 13.0 Å². The average molecular weight is 395 g/mol. The average Bonchev–Trinajstić information content (AvgIpc) is 2.69. The first-order chi connectivity index (χ1) is 13.4. The van der Waals surface area contributed by atoms with E-state index < -0.39 is 12.8 Å². The van der Waals surface area contributed by atoms with Gasteiger partial charge in [-0.3, -0.25) is 4.79 Å². The molecular formula is C20H20F3NO4. The van der Waals surface area contributed by atoms with Crippen LogP contribution in [-0.4, -0.2) is 31.9 Å². The van der Waals surface area contributed by atoms with Crippen LogP contribution in [0.2, 0.25) is 0 Å². The number of benzene rings is 2. The van der Waals surface area contributed by atoms with Gasteiger partial charge in [0.2, 0.25) is 5.91 Å². The lowest BCUT2D eigenvalue weighted by Gasteiger charge is -2.18. The van der Waals surface area contributed by atoms with Crippen LogP contribution in [0.1, 0.15) is 17.5 Å². The van der Waals surface area contributed by atoms with Crippen molar-refractivity contribution in [1.29, 1.82) is 0 Å². The third-order valence-corrected chi connectivity index (χ3v) is 4.06. The van der Waals surface area contributed by atoms with E-state index in [2.05, 4.69) is 10.1 Å². The molecule has 2 aromatic carbocycles. The van der Waals surface area contributed by atoms with Crippen LogP contribution in [0.25, 0.3) is 0 Å². The van der Waals surface area contributed by atoms with Crippen LogP contribution in [0.5, 0.6) is 17.2 Å². The SMILES string of the molecule is O=C(CCc1ccc2c(c1)OCCO2)NCc1ccc(OCC(F)(F)F)cc1. The lowest BCUT2D eigenvalue weighted by molar-refractivity contribution is -0.153. The van der Waals surface area contributed by atoms with Gasteiger partial charge in [0.25, 0.3) is 0 Å². The molecule has 1 aliphatic heterocycles. The number of halogens is 3. The molecule has 2 aromatic rings. The normalized spacial score (nSPS) is 13.1. The standard InChI is InChI=1S/C20H20F3NO4/c21-20(22,23)13-28-16-5-1-15(2-6-16)12-24-19(25)8-4-14-3-7-17-18(11-14)27-10-9-26-17/h1-3,5-7,11H,4,8-10,12-13H2,(H,24,25). The van der Waals surface area contributed by atoms with Crippen LogP contribution in [-0.2, 0) is 17.8 Å². The second-order valence-electron chi connectivity index (χ2n) is 6.30. The van der Waals surface area contributed by atoms with Crippen LogP contribution < -0.4 is 19.5 Å². The Balaban J connectivity index is 1.42. The Morgan fingerprint density at radius 3 is 2.39 bits per heavy atom. The number of hydrogen-bond acceptors (Lipinski definition) is 4. The van der Waals surface area contributed by atoms with Gasteiger partial charge >= 0.3 is 6.18 Å². The minimum Gasteiger partial charge on any atom is -0.486 e. The molecule has 0 aromatic heterocycles. The quantitative estimate of drug-likeness (QED) is 0.778. The van der Waals surface area contributed by atoms with Gasteiger partial charge in [0.15, 0.2) is 18.1 Å². The first-order valence-electron chi connectivity index (χ1n) is 8.83. The number of carbonyl (C=O) groups is 1. The molecule has 0 saturated heterocycles. The molecule has 1 aliphatic rings. The van der Waals surface area contributed by atoms with Crippen molar-refractivity contribution in [3.63, 3.8) is 0 Å². The van der Waals surface area contributed by atoms with Crippen molar-refractivity contribution in [2.24, 2.45) is 0 Å². The molecule has 1 amide bonds. The number of carbonyl (C=O) groups excluding carboxylic acids is 1. The molecule has 150 valence electrons. The maximum atomic E-state index is 12.1. The van der Waals surface area contributed by atoms with Gasteiger partial charge in [-0.15, -0.1) is 0 Å². The molecule has 1 N–H and O–H groups in total. The second-order valence-corrected chi connectivity index (χ2v) is 6.30. The fourth-order valence-electron chi connectivity index (χ4n) is 2.66. The number of nitrogens with one attached hydrogen (secondary N) is 1. The van der Waals surface area contributed by atoms with Crippen molar-refractivity contribution in [3.8, 4) is 17.2 Å². The predicted molar refractivity (Wildman–Crippen MR) is 95.6 cm³/mol. The van der Waals surface area contributed by atoms with Crippen LogP contribution in [0.4, 0.5) is 13.2 Å². The highest BCUT2D eigenvalue weighted by Crippen LogP contribution is 2.31. The molecule has 8 heteroatoms. The van der Waals surface area contributed by atoms with Crippen LogP contribution in [0, 0.1) is 0 Å². The van der Waals surface area contributed by atoms with Crippen molar-refractivity contribution in [3.05, 3.63) is 53.6 Å². The Bertz CT molecular complexity index is 806. The molecule has 0 aliphatic carbocycles. The van der Waals surface area contributed by atoms with E-state index in [1.165, 1.54) is 12.1 Å². The minimum atomic E-state index is -4.37. The number of amides is 1. The van der Waals surface area contributed by atoms with Crippen LogP contribution in [0.15, 0.2) is 42.5 Å². The number of fused-ring (bicyclic) bond motifs is 1. The van der Waals surface area contributed by atoms with Gasteiger partial charge in [0.1, 0.15) is 19.0 Å². The Morgan fingerprint density at radius 2 is 1.68 bits per heavy atom. The van der Waals surface area contributed by atoms with Gasteiger partial charge in [-0.05, 0) is 41.8 Å². The highest BCUT2D eigenvalue weighted by atomic mass is 19.4. The first kappa shape index (κ1) is 19.9. The highest BCUT2D eigenvalue weighted by molar-refractivity contribution is 5.76. The molecule has 0 atom stereocenters. The lowest BCUT2D eigenvalue weighted by Crippen LogP contribution is -2.23. The summed E-state index contributed by atoms with van der Waals surface area (Å²) in [6.07, 6.45) is -3.50. The Morgan fingerprint density at radius 1 is 1.00 bits per heavy atom. The summed E-state index contributed by atoms with van der Waals surface area (Å²) in [7, 11) is 0. The van der Waals surface area contributed by atoms with Gasteiger partial charge in [-0.25, -0.2) is 0 Å². The van der Waals surface area contributed by atoms with E-state index in [9.17, 15) is 18.0 Å². The summed E-state index contributed by atoms with van der Waals surface area (Å²) in [5.41, 5.74) is 1.75. The summed E-state index contributed by atoms with van der Waals surface area (Å²) in [6, 6.07) is 11.7. The lowest BCUT2D eigenvalue weighted by atomic mass is 10.1. The van der Waals surface area contributed by atoms with Crippen molar-refractivity contribution in [2.45, 2.75) is 25.6 Å². The van der Waals surface area contributed by atoms with E-state index in [0.29, 0.717) is 44.1 Å². The van der Waals surface area contributed by atoms with Crippen molar-refractivity contribution in [2.75, 3.05) is 19.8 Å². The predicted octanol–water partition coefficient (Wildman–Crippen LogP) is 3.65. The third-order valence-electron chi connectivity index (χ3n) is 4.06. The number of ether oxygens (including phenoxy) is 3. The van der Waals surface area contributed by atoms with Crippen molar-refractivity contribution >= 4 is 5.91 Å². The van der Waals surface area contributed by atoms with Crippen molar-refractivity contribution in [1.82, 2.24) is 5.32 Å². The molecule has 5 nitrogen and oxygen atoms in total. The summed E-state index contributed by atoms with van der Waals surface area (Å²) in [6.45, 7) is 0.00360. The van der Waals surface area contributed by atoms with Gasteiger partial charge in [-0.2, -0.15) is 13.2 Å². The molecule has 0 bridgehead atoms. The first-order valence-corrected chi connectivity index (χ1v) is 8.83. The number of rotatable bonds is 7. The zero-order valence-electron chi connectivity index (χ0n) is 15.1. The summed E-state index contributed by atoms with van der Waals surface area (Å²) in [4.78, 5) is 12.0. The van der Waals surface area contributed by atoms with E-state index in [-0.39, 0.29) is 11.7 Å². The summed E-state index contributed by atoms with van der Waals surface area (Å²) >= 11 is 0. The molecule has 0 fully saturated rings. The second kappa shape index (κ2) is 8.86. The van der Waals surface area contributed by atoms with E-state index >= 15 is 0 Å². The summed E-state index contributed by atoms with van der Waals surface area (Å²) in [5.74, 6) is 1.41. The van der Waals surface area contributed by atoms with Crippen molar-refractivity contribution < 1.29 is 32.2 Å². The maximum Gasteiger partial charge on any atom is 0.422 e. The fraction of sp³-hybridized carbons (Fsp3) is 0.350. The van der Waals surface area contributed by atoms with E-state index in [0.717, 1.165) is 11.1 Å². The molecular weight excluding hydrogens is 375 g/mol. The number of aryl methyl sites for hydroxylation is 1. The molecule has 0 spiro atoms. The van der Waals surface area contributed by atoms with Crippen LogP contribution in [0.3, 0.4) is 0 Å². The molecule has 0 unspecified atom stereocenters. The molecule has 3 rings (SSSR count). The smallest absolute Gasteiger partial charge is 0.422 e. The summed E-state index contributed by atoms with van der Waals surface area (Å²) in [5, 5.41) is 2.79. The minimum absolute atomic E-state index is 0.118. The van der Waals surface area contributed by atoms with Gasteiger partial charge in [-0.1, -0.05) is 18.2 Å². The monoisotopic (exact) mass is 395 g/mol. The number of alkyl halides is 3. The molecule has 0 radical (unpaired) electrons. The number of hydrogen-bond donors (Lipinski definition) is 1. The Hall–Kier alpha value is -2.90. The van der Waals surface area contributed by atoms with E-state index in [1.807, 2.05) is 18.2 Å². The summed E-state index contributed by atoms with van der Waals surface area (Å²) < 4.78 is 52.0. The topological polar surface area (TPSA) is 56.8 Å². The fourth-order valence-corrected chi connectivity index (χ4v) is 2.66. The maximum absolute atomic E-state index is 12.1. The largest absolute Gasteiger partial charge is 0.486 e. The van der Waals surface area contributed by atoms with Crippen LogP contribution >= 0.6 is 0 Å². The zero-order valence-corrected chi connectivity index (χ0v) is 15.1. The Labute approximate surface area is 160 Å². The van der Waals surface area contributed by atoms with E-state index in [1.54, 1.807) is 12.1 Å².